The fraction of sp³-hybridized carbons (Fsp3) is 0.217. The maximum absolute atomic E-state index is 12.6. The van der Waals surface area contributed by atoms with Gasteiger partial charge in [-0.2, -0.15) is 0 Å². The minimum Gasteiger partial charge on any atom is -0.497 e. The molecule has 0 bridgehead atoms. The van der Waals surface area contributed by atoms with Gasteiger partial charge in [0, 0.05) is 5.56 Å². The van der Waals surface area contributed by atoms with Crippen LogP contribution in [-0.2, 0) is 11.3 Å². The van der Waals surface area contributed by atoms with Crippen LogP contribution in [0.4, 0.5) is 0 Å². The first-order chi connectivity index (χ1) is 15.0. The number of rotatable bonds is 6. The van der Waals surface area contributed by atoms with Crippen molar-refractivity contribution in [2.75, 3.05) is 7.11 Å². The highest BCUT2D eigenvalue weighted by atomic mass is 16.5. The molecule has 8 heteroatoms. The van der Waals surface area contributed by atoms with Gasteiger partial charge in [0.25, 0.3) is 0 Å². The second-order valence-corrected chi connectivity index (χ2v) is 7.10. The van der Waals surface area contributed by atoms with Crippen molar-refractivity contribution in [1.82, 2.24) is 20.0 Å². The van der Waals surface area contributed by atoms with Gasteiger partial charge < -0.3 is 13.9 Å². The summed E-state index contributed by atoms with van der Waals surface area (Å²) in [7, 11) is 1.61. The largest absolute Gasteiger partial charge is 0.497 e. The molecule has 0 N–H and O–H groups in total. The average Bonchev–Trinajstić information content (AvgIpc) is 3.35. The molecule has 4 aromatic rings. The molecule has 0 saturated carbocycles. The van der Waals surface area contributed by atoms with Gasteiger partial charge in [0.05, 0.1) is 18.5 Å². The first-order valence-electron chi connectivity index (χ1n) is 9.73. The fourth-order valence-corrected chi connectivity index (χ4v) is 3.07. The van der Waals surface area contributed by atoms with E-state index in [0.29, 0.717) is 23.0 Å². The predicted molar refractivity (Wildman–Crippen MR) is 113 cm³/mol. The summed E-state index contributed by atoms with van der Waals surface area (Å²) in [5.74, 6) is 1.21. The molecule has 0 atom stereocenters. The van der Waals surface area contributed by atoms with Crippen LogP contribution in [0.2, 0.25) is 0 Å². The molecule has 0 spiro atoms. The highest BCUT2D eigenvalue weighted by molar-refractivity contribution is 5.88. The average molecular weight is 418 g/mol. The number of hydrogen-bond donors (Lipinski definition) is 0. The summed E-state index contributed by atoms with van der Waals surface area (Å²) in [4.78, 5) is 17.0. The molecule has 0 aliphatic heterocycles. The first-order valence-corrected chi connectivity index (χ1v) is 9.73. The maximum atomic E-state index is 12.6. The third-order valence-electron chi connectivity index (χ3n) is 4.94. The number of hydrogen-bond acceptors (Lipinski definition) is 7. The lowest BCUT2D eigenvalue weighted by atomic mass is 10.2. The molecule has 2 heterocycles. The van der Waals surface area contributed by atoms with Crippen LogP contribution in [0.5, 0.6) is 5.75 Å². The van der Waals surface area contributed by atoms with E-state index in [1.165, 1.54) is 0 Å². The monoisotopic (exact) mass is 418 g/mol. The molecular weight excluding hydrogens is 396 g/mol. The van der Waals surface area contributed by atoms with Gasteiger partial charge in [0.1, 0.15) is 23.8 Å². The number of carbonyl (C=O) groups is 1. The summed E-state index contributed by atoms with van der Waals surface area (Å²) in [6.45, 7) is 5.54. The summed E-state index contributed by atoms with van der Waals surface area (Å²) >= 11 is 0. The van der Waals surface area contributed by atoms with E-state index in [0.717, 1.165) is 22.6 Å². The van der Waals surface area contributed by atoms with Crippen molar-refractivity contribution in [3.05, 3.63) is 76.9 Å². The number of methoxy groups -OCH3 is 1. The Morgan fingerprint density at radius 3 is 2.42 bits per heavy atom. The Labute approximate surface area is 179 Å². The fourth-order valence-electron chi connectivity index (χ4n) is 3.07. The van der Waals surface area contributed by atoms with E-state index < -0.39 is 5.97 Å². The van der Waals surface area contributed by atoms with E-state index in [1.807, 2.05) is 55.5 Å². The summed E-state index contributed by atoms with van der Waals surface area (Å²) in [6.07, 6.45) is 0. The Bertz CT molecular complexity index is 1210. The molecule has 0 radical (unpaired) electrons. The van der Waals surface area contributed by atoms with E-state index >= 15 is 0 Å². The molecule has 0 amide bonds. The van der Waals surface area contributed by atoms with Crippen LogP contribution in [0.15, 0.2) is 52.9 Å². The molecule has 8 nitrogen and oxygen atoms in total. The molecule has 0 unspecified atom stereocenters. The van der Waals surface area contributed by atoms with Crippen LogP contribution in [0.1, 0.15) is 33.2 Å². The minimum atomic E-state index is -0.566. The second kappa shape index (κ2) is 8.43. The summed E-state index contributed by atoms with van der Waals surface area (Å²) in [5.41, 5.74) is 4.08. The number of ether oxygens (including phenoxy) is 2. The van der Waals surface area contributed by atoms with Crippen LogP contribution in [0.3, 0.4) is 0 Å². The van der Waals surface area contributed by atoms with Crippen LogP contribution in [0.25, 0.3) is 17.1 Å². The van der Waals surface area contributed by atoms with E-state index in [1.54, 1.807) is 25.6 Å². The van der Waals surface area contributed by atoms with Crippen LogP contribution in [-0.4, -0.2) is 33.1 Å². The van der Waals surface area contributed by atoms with Crippen molar-refractivity contribution < 1.29 is 18.7 Å². The predicted octanol–water partition coefficient (Wildman–Crippen LogP) is 4.21. The maximum Gasteiger partial charge on any atom is 0.361 e. The molecule has 0 fully saturated rings. The highest BCUT2D eigenvalue weighted by Crippen LogP contribution is 2.24. The lowest BCUT2D eigenvalue weighted by molar-refractivity contribution is 0.0459. The summed E-state index contributed by atoms with van der Waals surface area (Å²) in [5, 5.41) is 8.09. The van der Waals surface area contributed by atoms with Gasteiger partial charge in [-0.1, -0.05) is 22.9 Å². The second-order valence-electron chi connectivity index (χ2n) is 7.10. The summed E-state index contributed by atoms with van der Waals surface area (Å²) in [6, 6.07) is 15.2. The van der Waals surface area contributed by atoms with Gasteiger partial charge in [0.15, 0.2) is 5.69 Å². The van der Waals surface area contributed by atoms with Crippen LogP contribution < -0.4 is 4.74 Å². The quantitative estimate of drug-likeness (QED) is 0.433. The zero-order chi connectivity index (χ0) is 22.0. The smallest absolute Gasteiger partial charge is 0.361 e. The van der Waals surface area contributed by atoms with Gasteiger partial charge in [-0.05, 0) is 57.2 Å². The van der Waals surface area contributed by atoms with Gasteiger partial charge in [-0.15, -0.1) is 5.10 Å². The van der Waals surface area contributed by atoms with E-state index in [4.69, 9.17) is 13.9 Å². The van der Waals surface area contributed by atoms with E-state index in [9.17, 15) is 4.79 Å². The van der Waals surface area contributed by atoms with Crippen molar-refractivity contribution in [2.45, 2.75) is 27.4 Å². The van der Waals surface area contributed by atoms with Gasteiger partial charge in [0.2, 0.25) is 5.89 Å². The van der Waals surface area contributed by atoms with Crippen LogP contribution in [0, 0.1) is 20.8 Å². The van der Waals surface area contributed by atoms with Crippen LogP contribution >= 0.6 is 0 Å². The Hall–Kier alpha value is -3.94. The van der Waals surface area contributed by atoms with E-state index in [2.05, 4.69) is 15.3 Å². The SMILES string of the molecule is COc1ccc(-c2nc(COC(=O)c3nnn(-c4ccc(C)cc4)c3C)c(C)o2)cc1. The summed E-state index contributed by atoms with van der Waals surface area (Å²) < 4.78 is 17.9. The molecule has 0 saturated heterocycles. The Balaban J connectivity index is 1.47. The van der Waals surface area contributed by atoms with Crippen molar-refractivity contribution in [1.29, 1.82) is 0 Å². The van der Waals surface area contributed by atoms with Gasteiger partial charge in [-0.25, -0.2) is 14.5 Å². The first kappa shape index (κ1) is 20.3. The number of esters is 1. The Kier molecular flexibility index (Phi) is 5.53. The number of oxazole rings is 1. The number of aromatic nitrogens is 4. The molecule has 0 aliphatic carbocycles. The molecule has 2 aromatic carbocycles. The molecule has 158 valence electrons. The molecule has 2 aromatic heterocycles. The Morgan fingerprint density at radius 2 is 1.74 bits per heavy atom. The normalized spacial score (nSPS) is 10.8. The van der Waals surface area contributed by atoms with Crippen molar-refractivity contribution >= 4 is 5.97 Å². The van der Waals surface area contributed by atoms with E-state index in [-0.39, 0.29) is 12.3 Å². The number of benzene rings is 2. The molecular formula is C23H22N4O4. The number of nitrogens with zero attached hydrogens (tertiary/aromatic N) is 4. The third kappa shape index (κ3) is 4.18. The molecule has 4 rings (SSSR count). The number of carbonyl (C=O) groups excluding carboxylic acids is 1. The lowest BCUT2D eigenvalue weighted by Gasteiger charge is -2.04. The zero-order valence-electron chi connectivity index (χ0n) is 17.7. The van der Waals surface area contributed by atoms with Crippen molar-refractivity contribution in [2.24, 2.45) is 0 Å². The lowest BCUT2D eigenvalue weighted by Crippen LogP contribution is -2.09. The van der Waals surface area contributed by atoms with Gasteiger partial charge >= 0.3 is 5.97 Å². The zero-order valence-corrected chi connectivity index (χ0v) is 17.7. The topological polar surface area (TPSA) is 92.3 Å². The minimum absolute atomic E-state index is 0.0266. The molecule has 31 heavy (non-hydrogen) atoms. The van der Waals surface area contributed by atoms with Crippen molar-refractivity contribution in [3.63, 3.8) is 0 Å². The number of aryl methyl sites for hydroxylation is 2. The standard InChI is InChI=1S/C23H22N4O4/c1-14-5-9-18(10-6-14)27-15(2)21(25-26-27)23(28)30-13-20-16(3)31-22(24-20)17-7-11-19(29-4)12-8-17/h5-12H,13H2,1-4H3. The van der Waals surface area contributed by atoms with Gasteiger partial charge in [-0.3, -0.25) is 0 Å². The highest BCUT2D eigenvalue weighted by Gasteiger charge is 2.20. The molecule has 0 aliphatic rings. The third-order valence-corrected chi connectivity index (χ3v) is 4.94. The van der Waals surface area contributed by atoms with Crippen molar-refractivity contribution in [3.8, 4) is 22.9 Å². The Morgan fingerprint density at radius 1 is 1.03 bits per heavy atom.